The van der Waals surface area contributed by atoms with Crippen LogP contribution in [0.25, 0.3) is 10.2 Å². The number of nitrogens with zero attached hydrogens (tertiary/aromatic N) is 2. The molecule has 0 bridgehead atoms. The molecule has 4 aromatic rings. The molecule has 0 unspecified atom stereocenters. The second kappa shape index (κ2) is 7.80. The van der Waals surface area contributed by atoms with Crippen LogP contribution in [0.1, 0.15) is 28.5 Å². The average molecular weight is 464 g/mol. The molecule has 5 nitrogen and oxygen atoms in total. The van der Waals surface area contributed by atoms with E-state index in [4.69, 9.17) is 11.6 Å². The van der Waals surface area contributed by atoms with Crippen molar-refractivity contribution in [1.29, 1.82) is 0 Å². The molecule has 0 fully saturated rings. The number of halogens is 1. The highest BCUT2D eigenvalue weighted by atomic mass is 35.5. The van der Waals surface area contributed by atoms with Crippen LogP contribution in [0.15, 0.2) is 66.0 Å². The summed E-state index contributed by atoms with van der Waals surface area (Å²) in [6, 6.07) is 19.0. The molecule has 1 aliphatic heterocycles. The fraction of sp³-hybridized carbons (Fsp3) is 0.200. The van der Waals surface area contributed by atoms with Gasteiger partial charge in [-0.05, 0) is 60.7 Å². The number of carbonyl (C=O) groups excluding carboxylic acids is 2. The Bertz CT molecular complexity index is 1340. The lowest BCUT2D eigenvalue weighted by Gasteiger charge is -2.44. The van der Waals surface area contributed by atoms with E-state index in [-0.39, 0.29) is 11.8 Å². The molecule has 2 aromatic carbocycles. The molecule has 2 aromatic heterocycles. The number of carbonyl (C=O) groups is 2. The molecule has 7 heteroatoms. The van der Waals surface area contributed by atoms with Gasteiger partial charge in [-0.2, -0.15) is 0 Å². The number of amides is 2. The van der Waals surface area contributed by atoms with Crippen LogP contribution >= 0.6 is 22.9 Å². The fourth-order valence-corrected chi connectivity index (χ4v) is 5.39. The predicted molar refractivity (Wildman–Crippen MR) is 130 cm³/mol. The average Bonchev–Trinajstić information content (AvgIpc) is 3.37. The van der Waals surface area contributed by atoms with E-state index in [1.165, 1.54) is 0 Å². The van der Waals surface area contributed by atoms with Crippen molar-refractivity contribution in [2.24, 2.45) is 0 Å². The van der Waals surface area contributed by atoms with E-state index in [2.05, 4.69) is 5.32 Å². The minimum absolute atomic E-state index is 0.168. The van der Waals surface area contributed by atoms with E-state index in [0.717, 1.165) is 27.0 Å². The van der Waals surface area contributed by atoms with Crippen LogP contribution in [-0.4, -0.2) is 21.9 Å². The quantitative estimate of drug-likeness (QED) is 0.440. The maximum Gasteiger partial charge on any atom is 0.275 e. The van der Waals surface area contributed by atoms with E-state index in [9.17, 15) is 9.59 Å². The van der Waals surface area contributed by atoms with Gasteiger partial charge in [0, 0.05) is 22.6 Å². The monoisotopic (exact) mass is 463 g/mol. The molecular weight excluding hydrogens is 442 g/mol. The zero-order chi connectivity index (χ0) is 22.5. The van der Waals surface area contributed by atoms with Gasteiger partial charge in [0.1, 0.15) is 16.1 Å². The van der Waals surface area contributed by atoms with Crippen molar-refractivity contribution < 1.29 is 9.59 Å². The highest BCUT2D eigenvalue weighted by molar-refractivity contribution is 7.16. The third-order valence-corrected chi connectivity index (χ3v) is 7.30. The van der Waals surface area contributed by atoms with E-state index >= 15 is 0 Å². The first-order chi connectivity index (χ1) is 15.4. The van der Waals surface area contributed by atoms with Crippen molar-refractivity contribution in [3.8, 4) is 0 Å². The van der Waals surface area contributed by atoms with Crippen molar-refractivity contribution in [1.82, 2.24) is 9.88 Å². The van der Waals surface area contributed by atoms with Gasteiger partial charge in [-0.3, -0.25) is 14.5 Å². The maximum atomic E-state index is 13.8. The van der Waals surface area contributed by atoms with Crippen LogP contribution in [0.4, 0.5) is 5.69 Å². The zero-order valence-corrected chi connectivity index (χ0v) is 19.3. The van der Waals surface area contributed by atoms with Gasteiger partial charge in [-0.1, -0.05) is 41.9 Å². The van der Waals surface area contributed by atoms with E-state index in [0.29, 0.717) is 23.8 Å². The summed E-state index contributed by atoms with van der Waals surface area (Å²) < 4.78 is 1.99. The standard InChI is InChI=1S/C25H22ClN3O2S/c1-16-5-3-4-6-20(16)29-22(30)21-13-18-11-12-32-23(18)28(21)15-25(29,2)24(31)27-14-17-7-9-19(26)10-8-17/h3-13H,14-15H2,1-2H3,(H,27,31)/t25-/m1/s1. The lowest BCUT2D eigenvalue weighted by molar-refractivity contribution is -0.126. The molecule has 1 aliphatic rings. The molecule has 0 saturated carbocycles. The highest BCUT2D eigenvalue weighted by Gasteiger charge is 2.49. The molecular formula is C25H22ClN3O2S. The number of aromatic nitrogens is 1. The van der Waals surface area contributed by atoms with Gasteiger partial charge in [0.05, 0.1) is 6.54 Å². The summed E-state index contributed by atoms with van der Waals surface area (Å²) in [5, 5.41) is 6.73. The first-order valence-electron chi connectivity index (χ1n) is 10.4. The minimum Gasteiger partial charge on any atom is -0.350 e. The first-order valence-corrected chi connectivity index (χ1v) is 11.6. The Morgan fingerprint density at radius 2 is 1.91 bits per heavy atom. The Morgan fingerprint density at radius 3 is 2.66 bits per heavy atom. The summed E-state index contributed by atoms with van der Waals surface area (Å²) in [4.78, 5) is 30.1. The Balaban J connectivity index is 1.57. The van der Waals surface area contributed by atoms with Crippen LogP contribution in [0, 0.1) is 6.92 Å². The zero-order valence-electron chi connectivity index (χ0n) is 17.8. The summed E-state index contributed by atoms with van der Waals surface area (Å²) in [6.45, 7) is 4.53. The van der Waals surface area contributed by atoms with Gasteiger partial charge in [0.25, 0.3) is 5.91 Å². The topological polar surface area (TPSA) is 54.3 Å². The third kappa shape index (κ3) is 3.31. The Kier molecular flexibility index (Phi) is 5.07. The van der Waals surface area contributed by atoms with Crippen molar-refractivity contribution in [2.45, 2.75) is 32.5 Å². The highest BCUT2D eigenvalue weighted by Crippen LogP contribution is 2.38. The largest absolute Gasteiger partial charge is 0.350 e. The number of benzene rings is 2. The number of hydrogen-bond donors (Lipinski definition) is 1. The van der Waals surface area contributed by atoms with Gasteiger partial charge in [-0.25, -0.2) is 0 Å². The number of fused-ring (bicyclic) bond motifs is 3. The molecule has 5 rings (SSSR count). The molecule has 2 amide bonds. The molecule has 0 saturated heterocycles. The number of aryl methyl sites for hydroxylation is 1. The van der Waals surface area contributed by atoms with Crippen LogP contribution in [-0.2, 0) is 17.9 Å². The van der Waals surface area contributed by atoms with Crippen LogP contribution in [0.5, 0.6) is 0 Å². The van der Waals surface area contributed by atoms with Gasteiger partial charge in [0.2, 0.25) is 5.91 Å². The normalized spacial score (nSPS) is 18.1. The molecule has 1 N–H and O–H groups in total. The smallest absolute Gasteiger partial charge is 0.275 e. The third-order valence-electron chi connectivity index (χ3n) is 6.10. The van der Waals surface area contributed by atoms with E-state index in [1.807, 2.05) is 72.3 Å². The van der Waals surface area contributed by atoms with Gasteiger partial charge in [0.15, 0.2) is 0 Å². The minimum atomic E-state index is -1.10. The molecule has 0 radical (unpaired) electrons. The van der Waals surface area contributed by atoms with Crippen molar-refractivity contribution in [2.75, 3.05) is 4.90 Å². The number of para-hydroxylation sites is 1. The number of hydrogen-bond acceptors (Lipinski definition) is 3. The Hall–Kier alpha value is -3.09. The number of nitrogens with one attached hydrogen (secondary N) is 1. The lowest BCUT2D eigenvalue weighted by atomic mass is 9.93. The Labute approximate surface area is 195 Å². The second-order valence-electron chi connectivity index (χ2n) is 8.31. The summed E-state index contributed by atoms with van der Waals surface area (Å²) in [7, 11) is 0. The summed E-state index contributed by atoms with van der Waals surface area (Å²) in [5.74, 6) is -0.369. The number of anilines is 1. The van der Waals surface area contributed by atoms with Crippen molar-refractivity contribution >= 4 is 50.7 Å². The molecule has 32 heavy (non-hydrogen) atoms. The molecule has 162 valence electrons. The van der Waals surface area contributed by atoms with E-state index < -0.39 is 5.54 Å². The SMILES string of the molecule is Cc1ccccc1N1C(=O)c2cc3ccsc3n2C[C@]1(C)C(=O)NCc1ccc(Cl)cc1. The van der Waals surface area contributed by atoms with Gasteiger partial charge >= 0.3 is 0 Å². The lowest BCUT2D eigenvalue weighted by Crippen LogP contribution is -2.64. The molecule has 3 heterocycles. The van der Waals surface area contributed by atoms with Crippen molar-refractivity contribution in [3.63, 3.8) is 0 Å². The second-order valence-corrected chi connectivity index (χ2v) is 9.64. The van der Waals surface area contributed by atoms with E-state index in [1.54, 1.807) is 28.4 Å². The van der Waals surface area contributed by atoms with Gasteiger partial charge < -0.3 is 9.88 Å². The maximum absolute atomic E-state index is 13.8. The molecule has 0 aliphatic carbocycles. The number of thiophene rings is 1. The van der Waals surface area contributed by atoms with Crippen molar-refractivity contribution in [3.05, 3.63) is 87.9 Å². The van der Waals surface area contributed by atoms with Gasteiger partial charge in [-0.15, -0.1) is 11.3 Å². The first kappa shape index (κ1) is 20.8. The molecule has 0 spiro atoms. The molecule has 1 atom stereocenters. The summed E-state index contributed by atoms with van der Waals surface area (Å²) in [5.41, 5.74) is 2.15. The number of rotatable bonds is 4. The van der Waals surface area contributed by atoms with Crippen LogP contribution < -0.4 is 10.2 Å². The van der Waals surface area contributed by atoms with Crippen LogP contribution in [0.2, 0.25) is 5.02 Å². The summed E-state index contributed by atoms with van der Waals surface area (Å²) in [6.07, 6.45) is 0. The summed E-state index contributed by atoms with van der Waals surface area (Å²) >= 11 is 7.56. The van der Waals surface area contributed by atoms with Crippen LogP contribution in [0.3, 0.4) is 0 Å². The Morgan fingerprint density at radius 1 is 1.16 bits per heavy atom. The fourth-order valence-electron chi connectivity index (χ4n) is 4.36. The predicted octanol–water partition coefficient (Wildman–Crippen LogP) is 5.40.